The highest BCUT2D eigenvalue weighted by molar-refractivity contribution is 5.74. The molecule has 2 amide bonds. The Labute approximate surface area is 146 Å². The number of morpholine rings is 1. The minimum absolute atomic E-state index is 0.127. The van der Waals surface area contributed by atoms with Crippen LogP contribution in [-0.4, -0.2) is 91.8 Å². The zero-order chi connectivity index (χ0) is 16.8. The number of amides is 2. The fourth-order valence-corrected chi connectivity index (χ4v) is 4.23. The molecule has 0 aromatic rings. The van der Waals surface area contributed by atoms with E-state index in [1.54, 1.807) is 0 Å². The molecule has 3 rings (SSSR count). The monoisotopic (exact) mass is 338 g/mol. The minimum Gasteiger partial charge on any atom is -0.379 e. The SMILES string of the molecule is CC(CN1CCOCC1)NC(=O)N1CCCCC(N2CCCC2)C1. The van der Waals surface area contributed by atoms with E-state index in [9.17, 15) is 4.79 Å². The first-order chi connectivity index (χ1) is 11.7. The number of nitrogens with zero attached hydrogens (tertiary/aromatic N) is 3. The van der Waals surface area contributed by atoms with Crippen LogP contribution in [0, 0.1) is 0 Å². The van der Waals surface area contributed by atoms with Gasteiger partial charge in [0.2, 0.25) is 0 Å². The highest BCUT2D eigenvalue weighted by Gasteiger charge is 2.28. The summed E-state index contributed by atoms with van der Waals surface area (Å²) in [5.74, 6) is 0. The summed E-state index contributed by atoms with van der Waals surface area (Å²) in [6.45, 7) is 10.8. The molecule has 0 aromatic carbocycles. The fraction of sp³-hybridized carbons (Fsp3) is 0.944. The second-order valence-corrected chi connectivity index (χ2v) is 7.60. The number of ether oxygens (including phenoxy) is 1. The van der Waals surface area contributed by atoms with Crippen LogP contribution in [0.15, 0.2) is 0 Å². The lowest BCUT2D eigenvalue weighted by atomic mass is 10.1. The molecule has 0 aromatic heterocycles. The first-order valence-electron chi connectivity index (χ1n) is 9.82. The third-order valence-corrected chi connectivity index (χ3v) is 5.60. The maximum absolute atomic E-state index is 12.7. The molecule has 3 aliphatic rings. The molecule has 2 unspecified atom stereocenters. The number of carbonyl (C=O) groups is 1. The molecule has 6 nitrogen and oxygen atoms in total. The van der Waals surface area contributed by atoms with Crippen LogP contribution in [0.3, 0.4) is 0 Å². The van der Waals surface area contributed by atoms with Gasteiger partial charge in [0.15, 0.2) is 0 Å². The molecule has 3 heterocycles. The average Bonchev–Trinajstić information content (AvgIpc) is 3.00. The van der Waals surface area contributed by atoms with Gasteiger partial charge in [-0.25, -0.2) is 4.79 Å². The van der Waals surface area contributed by atoms with Crippen LogP contribution in [0.5, 0.6) is 0 Å². The summed E-state index contributed by atoms with van der Waals surface area (Å²) in [5, 5.41) is 3.22. The van der Waals surface area contributed by atoms with Crippen molar-refractivity contribution in [1.29, 1.82) is 0 Å². The second-order valence-electron chi connectivity index (χ2n) is 7.60. The summed E-state index contributed by atoms with van der Waals surface area (Å²) in [5.41, 5.74) is 0. The molecule has 0 bridgehead atoms. The second kappa shape index (κ2) is 9.02. The number of carbonyl (C=O) groups excluding carboxylic acids is 1. The zero-order valence-electron chi connectivity index (χ0n) is 15.2. The Morgan fingerprint density at radius 3 is 2.54 bits per heavy atom. The lowest BCUT2D eigenvalue weighted by Gasteiger charge is -2.33. The number of hydrogen-bond donors (Lipinski definition) is 1. The Kier molecular flexibility index (Phi) is 6.75. The maximum Gasteiger partial charge on any atom is 0.317 e. The highest BCUT2D eigenvalue weighted by atomic mass is 16.5. The van der Waals surface area contributed by atoms with Crippen LogP contribution in [0.1, 0.15) is 39.0 Å². The lowest BCUT2D eigenvalue weighted by Crippen LogP contribution is -2.52. The average molecular weight is 338 g/mol. The van der Waals surface area contributed by atoms with E-state index in [1.807, 2.05) is 0 Å². The molecule has 1 N–H and O–H groups in total. The molecule has 3 fully saturated rings. The van der Waals surface area contributed by atoms with Crippen molar-refractivity contribution in [1.82, 2.24) is 20.0 Å². The summed E-state index contributed by atoms with van der Waals surface area (Å²) in [6, 6.07) is 0.876. The van der Waals surface area contributed by atoms with Gasteiger partial charge in [-0.05, 0) is 45.7 Å². The van der Waals surface area contributed by atoms with Crippen LogP contribution in [0.25, 0.3) is 0 Å². The molecule has 0 aliphatic carbocycles. The van der Waals surface area contributed by atoms with Crippen molar-refractivity contribution in [2.75, 3.05) is 59.0 Å². The molecule has 0 spiro atoms. The summed E-state index contributed by atoms with van der Waals surface area (Å²) in [7, 11) is 0. The van der Waals surface area contributed by atoms with Gasteiger partial charge >= 0.3 is 6.03 Å². The van der Waals surface area contributed by atoms with Gasteiger partial charge in [-0.1, -0.05) is 6.42 Å². The Morgan fingerprint density at radius 2 is 1.79 bits per heavy atom. The molecule has 0 radical (unpaired) electrons. The van der Waals surface area contributed by atoms with Crippen molar-refractivity contribution in [3.05, 3.63) is 0 Å². The van der Waals surface area contributed by atoms with Crippen molar-refractivity contribution >= 4 is 6.03 Å². The molecule has 2 atom stereocenters. The van der Waals surface area contributed by atoms with Crippen LogP contribution >= 0.6 is 0 Å². The van der Waals surface area contributed by atoms with Gasteiger partial charge in [-0.3, -0.25) is 9.80 Å². The van der Waals surface area contributed by atoms with Gasteiger partial charge in [0.1, 0.15) is 0 Å². The molecular weight excluding hydrogens is 304 g/mol. The highest BCUT2D eigenvalue weighted by Crippen LogP contribution is 2.20. The molecule has 138 valence electrons. The van der Waals surface area contributed by atoms with Gasteiger partial charge in [0, 0.05) is 44.8 Å². The smallest absolute Gasteiger partial charge is 0.317 e. The van der Waals surface area contributed by atoms with E-state index in [0.29, 0.717) is 6.04 Å². The number of rotatable bonds is 4. The number of urea groups is 1. The van der Waals surface area contributed by atoms with Gasteiger partial charge in [0.25, 0.3) is 0 Å². The predicted molar refractivity (Wildman–Crippen MR) is 95.3 cm³/mol. The van der Waals surface area contributed by atoms with E-state index in [2.05, 4.69) is 26.9 Å². The molecule has 3 aliphatic heterocycles. The Morgan fingerprint density at radius 1 is 1.08 bits per heavy atom. The minimum atomic E-state index is 0.127. The normalized spacial score (nSPS) is 28.5. The van der Waals surface area contributed by atoms with Crippen LogP contribution in [-0.2, 0) is 4.74 Å². The standard InChI is InChI=1S/C18H34N4O2/c1-16(14-20-10-12-24-13-11-20)19-18(23)22-9-3-2-6-17(15-22)21-7-4-5-8-21/h16-17H,2-15H2,1H3,(H,19,23). The lowest BCUT2D eigenvalue weighted by molar-refractivity contribution is 0.0346. The Bertz CT molecular complexity index is 394. The molecule has 0 saturated carbocycles. The van der Waals surface area contributed by atoms with Gasteiger partial charge < -0.3 is 15.0 Å². The van der Waals surface area contributed by atoms with Gasteiger partial charge in [-0.15, -0.1) is 0 Å². The number of hydrogen-bond acceptors (Lipinski definition) is 4. The summed E-state index contributed by atoms with van der Waals surface area (Å²) >= 11 is 0. The van der Waals surface area contributed by atoms with E-state index in [1.165, 1.54) is 38.8 Å². The van der Waals surface area contributed by atoms with Crippen molar-refractivity contribution in [3.8, 4) is 0 Å². The van der Waals surface area contributed by atoms with Crippen molar-refractivity contribution in [2.45, 2.75) is 51.1 Å². The quantitative estimate of drug-likeness (QED) is 0.841. The molecule has 24 heavy (non-hydrogen) atoms. The first kappa shape index (κ1) is 18.0. The van der Waals surface area contributed by atoms with E-state index in [0.717, 1.165) is 52.4 Å². The molecular formula is C18H34N4O2. The third kappa shape index (κ3) is 5.07. The predicted octanol–water partition coefficient (Wildman–Crippen LogP) is 1.37. The number of nitrogens with one attached hydrogen (secondary N) is 1. The maximum atomic E-state index is 12.7. The van der Waals surface area contributed by atoms with Crippen LogP contribution in [0.2, 0.25) is 0 Å². The van der Waals surface area contributed by atoms with E-state index in [4.69, 9.17) is 4.74 Å². The molecule has 3 saturated heterocycles. The number of likely N-dealkylation sites (tertiary alicyclic amines) is 2. The van der Waals surface area contributed by atoms with E-state index in [-0.39, 0.29) is 12.1 Å². The summed E-state index contributed by atoms with van der Waals surface area (Å²) in [4.78, 5) is 19.8. The zero-order valence-corrected chi connectivity index (χ0v) is 15.2. The van der Waals surface area contributed by atoms with Crippen LogP contribution < -0.4 is 5.32 Å². The summed E-state index contributed by atoms with van der Waals surface area (Å²) in [6.07, 6.45) is 6.26. The van der Waals surface area contributed by atoms with Gasteiger partial charge in [0.05, 0.1) is 13.2 Å². The van der Waals surface area contributed by atoms with E-state index >= 15 is 0 Å². The van der Waals surface area contributed by atoms with Crippen molar-refractivity contribution in [2.24, 2.45) is 0 Å². The first-order valence-corrected chi connectivity index (χ1v) is 9.82. The van der Waals surface area contributed by atoms with Crippen molar-refractivity contribution in [3.63, 3.8) is 0 Å². The van der Waals surface area contributed by atoms with Crippen LogP contribution in [0.4, 0.5) is 4.79 Å². The Balaban J connectivity index is 1.47. The van der Waals surface area contributed by atoms with E-state index < -0.39 is 0 Å². The summed E-state index contributed by atoms with van der Waals surface area (Å²) < 4.78 is 5.39. The molecule has 6 heteroatoms. The van der Waals surface area contributed by atoms with Gasteiger partial charge in [-0.2, -0.15) is 0 Å². The third-order valence-electron chi connectivity index (χ3n) is 5.60. The fourth-order valence-electron chi connectivity index (χ4n) is 4.23. The Hall–Kier alpha value is -0.850. The van der Waals surface area contributed by atoms with Crippen molar-refractivity contribution < 1.29 is 9.53 Å². The topological polar surface area (TPSA) is 48.1 Å². The largest absolute Gasteiger partial charge is 0.379 e.